The van der Waals surface area contributed by atoms with Crippen LogP contribution in [0.3, 0.4) is 0 Å². The molecule has 2 amide bonds. The lowest BCUT2D eigenvalue weighted by atomic mass is 10.1. The van der Waals surface area contributed by atoms with Gasteiger partial charge >= 0.3 is 5.97 Å². The van der Waals surface area contributed by atoms with Crippen LogP contribution >= 0.6 is 46.4 Å². The van der Waals surface area contributed by atoms with E-state index in [1.165, 1.54) is 19.2 Å². The number of nitrogens with zero attached hydrogens (tertiary/aromatic N) is 1. The van der Waals surface area contributed by atoms with Crippen LogP contribution in [-0.4, -0.2) is 96.3 Å². The molecule has 0 heterocycles. The standard InChI is InChI=1S/C26H26ClNO7.C24H24ClNO5.C23H20Cl2O5/c1-28(14-23(29)30)26(31)21-12-13-22(34-15-17-4-8-19(32-2)9-5-17)25(24(21)27)35-16-18-6-10-20(33-3)11-7-18;1-26-24(27)20-12-13-21(30-14-16-4-8-18(28-2)9-5-16)23(22(20)25)31-15-17-6-10-19(29-3)11-7-17;1-27-17-7-3-15(4-8-17)13-29-20-12-11-19(23(25)26)21(24)22(20)30-14-16-5-9-18(28-2)10-6-16/h4-13H,14-16H2,1-3H3,(H,29,30);4-13H,14-15H2,1-3H3,(H,26,27);3-12H,13-14H2,1-2H3. The Morgan fingerprint density at radius 3 is 0.854 bits per heavy atom. The fourth-order valence-electron chi connectivity index (χ4n) is 8.75. The number of carboxylic acid groups (broad SMARTS) is 1. The van der Waals surface area contributed by atoms with Crippen LogP contribution in [0.15, 0.2) is 182 Å². The van der Waals surface area contributed by atoms with Crippen molar-refractivity contribution >= 4 is 69.4 Å². The molecule has 0 unspecified atom stereocenters. The van der Waals surface area contributed by atoms with Crippen molar-refractivity contribution in [2.24, 2.45) is 0 Å². The third kappa shape index (κ3) is 21.2. The van der Waals surface area contributed by atoms with Gasteiger partial charge in [0.15, 0.2) is 34.5 Å². The molecule has 23 heteroatoms. The highest BCUT2D eigenvalue weighted by Crippen LogP contribution is 2.42. The molecular formula is C73H70Cl4N2O17. The molecule has 19 nitrogen and oxygen atoms in total. The van der Waals surface area contributed by atoms with Gasteiger partial charge in [-0.15, -0.1) is 0 Å². The van der Waals surface area contributed by atoms with Gasteiger partial charge in [0.25, 0.3) is 17.1 Å². The van der Waals surface area contributed by atoms with Crippen molar-refractivity contribution in [2.75, 3.05) is 63.3 Å². The van der Waals surface area contributed by atoms with Crippen LogP contribution in [0.25, 0.3) is 0 Å². The van der Waals surface area contributed by atoms with Crippen LogP contribution < -0.4 is 62.2 Å². The lowest BCUT2D eigenvalue weighted by molar-refractivity contribution is -0.137. The lowest BCUT2D eigenvalue weighted by Crippen LogP contribution is -2.32. The molecule has 0 spiro atoms. The fraction of sp³-hybridized carbons (Fsp3) is 0.205. The number of nitrogens with one attached hydrogen (secondary N) is 1. The van der Waals surface area contributed by atoms with Gasteiger partial charge in [-0.1, -0.05) is 108 Å². The molecular weight excluding hydrogens is 1320 g/mol. The Hall–Kier alpha value is -10.2. The first kappa shape index (κ1) is 73.2. The van der Waals surface area contributed by atoms with E-state index in [0.29, 0.717) is 40.9 Å². The molecule has 0 radical (unpaired) electrons. The predicted molar refractivity (Wildman–Crippen MR) is 366 cm³/mol. The average Bonchev–Trinajstić information content (AvgIpc) is 0.843. The SMILES string of the molecule is CNC(=O)c1ccc(OCc2ccc(OC)cc2)c(OCc2ccc(OC)cc2)c1Cl.COc1ccc(COc2ccc(C(=O)Cl)c(Cl)c2OCc2ccc(OC)cc2)cc1.COc1ccc(COc2ccc(C(=O)N(C)CC(=O)O)c(Cl)c2OCc2ccc(OC)cc2)cc1. The lowest BCUT2D eigenvalue weighted by Gasteiger charge is -2.19. The third-order valence-corrected chi connectivity index (χ3v) is 15.4. The maximum atomic E-state index is 12.8. The van der Waals surface area contributed by atoms with Gasteiger partial charge in [0, 0.05) is 14.1 Å². The third-order valence-electron chi connectivity index (χ3n) is 14.1. The van der Waals surface area contributed by atoms with Gasteiger partial charge in [0.1, 0.15) is 80.7 Å². The van der Waals surface area contributed by atoms with Gasteiger partial charge in [-0.05, 0) is 154 Å². The van der Waals surface area contributed by atoms with Gasteiger partial charge in [-0.25, -0.2) is 0 Å². The Balaban J connectivity index is 0.000000204. The molecule has 9 aromatic carbocycles. The van der Waals surface area contributed by atoms with Crippen molar-refractivity contribution in [3.63, 3.8) is 0 Å². The van der Waals surface area contributed by atoms with E-state index >= 15 is 0 Å². The summed E-state index contributed by atoms with van der Waals surface area (Å²) in [5.41, 5.74) is 6.02. The Morgan fingerprint density at radius 2 is 0.604 bits per heavy atom. The summed E-state index contributed by atoms with van der Waals surface area (Å²) in [5, 5.41) is 11.3. The maximum absolute atomic E-state index is 12.8. The van der Waals surface area contributed by atoms with Crippen molar-refractivity contribution in [3.8, 4) is 69.0 Å². The largest absolute Gasteiger partial charge is 0.497 e. The first-order valence-corrected chi connectivity index (χ1v) is 30.8. The highest BCUT2D eigenvalue weighted by Gasteiger charge is 2.25. The number of hydrogen-bond acceptors (Lipinski definition) is 16. The van der Waals surface area contributed by atoms with Crippen LogP contribution in [0.4, 0.5) is 0 Å². The molecule has 0 aliphatic heterocycles. The first-order chi connectivity index (χ1) is 46.4. The normalized spacial score (nSPS) is 10.4. The molecule has 502 valence electrons. The second-order valence-corrected chi connectivity index (χ2v) is 22.0. The Morgan fingerprint density at radius 1 is 0.365 bits per heavy atom. The molecule has 9 rings (SSSR count). The molecule has 0 saturated carbocycles. The van der Waals surface area contributed by atoms with Gasteiger partial charge in [-0.2, -0.15) is 0 Å². The molecule has 0 aromatic heterocycles. The zero-order valence-electron chi connectivity index (χ0n) is 53.7. The Kier molecular flexibility index (Phi) is 28.3. The van der Waals surface area contributed by atoms with E-state index in [2.05, 4.69) is 5.32 Å². The molecule has 0 aliphatic rings. The molecule has 96 heavy (non-hydrogen) atoms. The zero-order chi connectivity index (χ0) is 69.1. The topological polar surface area (TPSA) is 215 Å². The minimum atomic E-state index is -1.13. The van der Waals surface area contributed by atoms with Crippen LogP contribution in [0.5, 0.6) is 69.0 Å². The minimum absolute atomic E-state index is 0.0352. The Bertz CT molecular complexity index is 4010. The van der Waals surface area contributed by atoms with Crippen molar-refractivity contribution < 1.29 is 81.1 Å². The summed E-state index contributed by atoms with van der Waals surface area (Å²) in [6.45, 7) is 0.984. The monoisotopic (exact) mass is 1390 g/mol. The van der Waals surface area contributed by atoms with Crippen LogP contribution in [-0.2, 0) is 44.4 Å². The van der Waals surface area contributed by atoms with Crippen molar-refractivity contribution in [1.29, 1.82) is 0 Å². The summed E-state index contributed by atoms with van der Waals surface area (Å²) in [5.74, 6) is 4.44. The summed E-state index contributed by atoms with van der Waals surface area (Å²) < 4.78 is 66.8. The van der Waals surface area contributed by atoms with Gasteiger partial charge in [0.2, 0.25) is 0 Å². The van der Waals surface area contributed by atoms with E-state index in [1.807, 2.05) is 146 Å². The van der Waals surface area contributed by atoms with Crippen LogP contribution in [0.1, 0.15) is 64.5 Å². The van der Waals surface area contributed by atoms with Crippen molar-refractivity contribution in [3.05, 3.63) is 247 Å². The van der Waals surface area contributed by atoms with Crippen LogP contribution in [0.2, 0.25) is 15.1 Å². The number of carbonyl (C=O) groups is 4. The highest BCUT2D eigenvalue weighted by atomic mass is 35.5. The molecule has 2 N–H and O–H groups in total. The number of carbonyl (C=O) groups excluding carboxylic acids is 3. The van der Waals surface area contributed by atoms with Gasteiger partial charge < -0.3 is 72.2 Å². The minimum Gasteiger partial charge on any atom is -0.497 e. The van der Waals surface area contributed by atoms with Gasteiger partial charge in [0.05, 0.1) is 74.4 Å². The average molecular weight is 1390 g/mol. The number of rotatable bonds is 29. The number of methoxy groups -OCH3 is 6. The number of benzene rings is 9. The molecule has 0 saturated heterocycles. The Labute approximate surface area is 576 Å². The number of amides is 2. The second-order valence-electron chi connectivity index (χ2n) is 20.5. The molecule has 0 aliphatic carbocycles. The summed E-state index contributed by atoms with van der Waals surface area (Å²) in [4.78, 5) is 48.7. The smallest absolute Gasteiger partial charge is 0.323 e. The van der Waals surface area contributed by atoms with E-state index in [9.17, 15) is 19.2 Å². The maximum Gasteiger partial charge on any atom is 0.323 e. The van der Waals surface area contributed by atoms with E-state index in [4.69, 9.17) is 108 Å². The fourth-order valence-corrected chi connectivity index (χ4v) is 9.84. The van der Waals surface area contributed by atoms with E-state index in [-0.39, 0.29) is 76.6 Å². The summed E-state index contributed by atoms with van der Waals surface area (Å²) in [7, 11) is 12.6. The highest BCUT2D eigenvalue weighted by molar-refractivity contribution is 6.68. The first-order valence-electron chi connectivity index (χ1n) is 29.3. The predicted octanol–water partition coefficient (Wildman–Crippen LogP) is 15.4. The van der Waals surface area contributed by atoms with E-state index in [0.717, 1.165) is 67.0 Å². The number of carboxylic acids is 1. The second kappa shape index (κ2) is 37.1. The molecule has 0 atom stereocenters. The molecule has 9 aromatic rings. The van der Waals surface area contributed by atoms with Gasteiger partial charge in [-0.3, -0.25) is 19.2 Å². The van der Waals surface area contributed by atoms with Crippen molar-refractivity contribution in [1.82, 2.24) is 10.2 Å². The number of aliphatic carboxylic acids is 1. The summed E-state index contributed by atoms with van der Waals surface area (Å²) >= 11 is 25.1. The zero-order valence-corrected chi connectivity index (χ0v) is 56.7. The number of likely N-dealkylation sites (N-methyl/N-ethyl adjacent to an activating group) is 1. The number of ether oxygens (including phenoxy) is 12. The number of halogens is 4. The van der Waals surface area contributed by atoms with Crippen molar-refractivity contribution in [2.45, 2.75) is 39.6 Å². The van der Waals surface area contributed by atoms with E-state index < -0.39 is 23.7 Å². The molecule has 0 fully saturated rings. The van der Waals surface area contributed by atoms with Crippen LogP contribution in [0, 0.1) is 0 Å². The summed E-state index contributed by atoms with van der Waals surface area (Å²) in [6.07, 6.45) is 0. The summed E-state index contributed by atoms with van der Waals surface area (Å²) in [6, 6.07) is 54.2. The van der Waals surface area contributed by atoms with E-state index in [1.54, 1.807) is 74.0 Å². The number of hydrogen-bond donors (Lipinski definition) is 2. The quantitative estimate of drug-likeness (QED) is 0.0417. The molecule has 0 bridgehead atoms.